The van der Waals surface area contributed by atoms with Crippen molar-refractivity contribution in [3.8, 4) is 0 Å². The molecular formula is C20H14ClNO5S. The molecule has 0 atom stereocenters. The summed E-state index contributed by atoms with van der Waals surface area (Å²) in [5, 5.41) is -0.0198. The van der Waals surface area contributed by atoms with Crippen molar-refractivity contribution in [2.24, 2.45) is 0 Å². The van der Waals surface area contributed by atoms with Gasteiger partial charge in [-0.05, 0) is 59.8 Å². The predicted molar refractivity (Wildman–Crippen MR) is 106 cm³/mol. The second-order valence-electron chi connectivity index (χ2n) is 5.81. The fourth-order valence-corrected chi connectivity index (χ4v) is 3.46. The zero-order valence-corrected chi connectivity index (χ0v) is 16.3. The molecule has 1 aliphatic heterocycles. The molecule has 0 radical (unpaired) electrons. The number of methoxy groups -OCH3 is 1. The normalized spacial score (nSPS) is 15.2. The number of imide groups is 1. The highest BCUT2D eigenvalue weighted by atomic mass is 35.5. The molecule has 0 aliphatic carbocycles. The van der Waals surface area contributed by atoms with Crippen LogP contribution in [0.1, 0.15) is 26.3 Å². The summed E-state index contributed by atoms with van der Waals surface area (Å²) in [6, 6.07) is 12.6. The summed E-state index contributed by atoms with van der Waals surface area (Å²) < 4.78 is 4.63. The number of carbonyl (C=O) groups is 4. The molecule has 2 aromatic carbocycles. The molecule has 2 aromatic rings. The van der Waals surface area contributed by atoms with Gasteiger partial charge in [-0.3, -0.25) is 19.3 Å². The van der Waals surface area contributed by atoms with Crippen molar-refractivity contribution in [2.45, 2.75) is 0 Å². The van der Waals surface area contributed by atoms with E-state index in [1.54, 1.807) is 54.6 Å². The summed E-state index contributed by atoms with van der Waals surface area (Å²) in [5.74, 6) is -1.36. The zero-order valence-electron chi connectivity index (χ0n) is 14.7. The van der Waals surface area contributed by atoms with Crippen molar-refractivity contribution in [3.63, 3.8) is 0 Å². The average molecular weight is 416 g/mol. The monoisotopic (exact) mass is 415 g/mol. The lowest BCUT2D eigenvalue weighted by Gasteiger charge is -2.11. The molecule has 0 spiro atoms. The summed E-state index contributed by atoms with van der Waals surface area (Å²) >= 11 is 6.56. The molecule has 1 fully saturated rings. The quantitative estimate of drug-likeness (QED) is 0.416. The lowest BCUT2D eigenvalue weighted by Crippen LogP contribution is -2.33. The largest absolute Gasteiger partial charge is 0.465 e. The Labute approximate surface area is 170 Å². The fourth-order valence-electron chi connectivity index (χ4n) is 2.49. The third-order valence-corrected chi connectivity index (χ3v) is 5.13. The molecule has 0 unspecified atom stereocenters. The van der Waals surface area contributed by atoms with Crippen LogP contribution in [0.25, 0.3) is 6.08 Å². The molecule has 3 rings (SSSR count). The molecule has 28 heavy (non-hydrogen) atoms. The van der Waals surface area contributed by atoms with E-state index in [-0.39, 0.29) is 17.2 Å². The SMILES string of the molecule is COC(=O)c1ccc(/C=C2\SC(=O)N(CC(=O)c3ccc(Cl)cc3)C2=O)cc1. The van der Waals surface area contributed by atoms with Crippen molar-refractivity contribution in [2.75, 3.05) is 13.7 Å². The van der Waals surface area contributed by atoms with Crippen LogP contribution in [-0.4, -0.2) is 41.5 Å². The standard InChI is InChI=1S/C20H14ClNO5S/c1-27-19(25)14-4-2-12(3-5-14)10-17-18(24)22(20(26)28-17)11-16(23)13-6-8-15(21)9-7-13/h2-10H,11H2,1H3/b17-10-. The van der Waals surface area contributed by atoms with Crippen LogP contribution in [0, 0.1) is 0 Å². The minimum Gasteiger partial charge on any atom is -0.465 e. The zero-order chi connectivity index (χ0) is 20.3. The Morgan fingerprint density at radius 3 is 2.25 bits per heavy atom. The van der Waals surface area contributed by atoms with Crippen LogP contribution in [0.4, 0.5) is 4.79 Å². The van der Waals surface area contributed by atoms with Crippen LogP contribution in [0.2, 0.25) is 5.02 Å². The van der Waals surface area contributed by atoms with Crippen LogP contribution in [0.3, 0.4) is 0 Å². The minimum atomic E-state index is -0.533. The molecule has 0 saturated carbocycles. The minimum absolute atomic E-state index is 0.208. The Kier molecular flexibility index (Phi) is 5.96. The number of nitrogens with zero attached hydrogens (tertiary/aromatic N) is 1. The number of halogens is 1. The summed E-state index contributed by atoms with van der Waals surface area (Å²) in [4.78, 5) is 49.6. The Morgan fingerprint density at radius 2 is 1.64 bits per heavy atom. The van der Waals surface area contributed by atoms with Gasteiger partial charge in [0.1, 0.15) is 0 Å². The lowest BCUT2D eigenvalue weighted by molar-refractivity contribution is -0.122. The van der Waals surface area contributed by atoms with E-state index in [9.17, 15) is 19.2 Å². The van der Waals surface area contributed by atoms with E-state index in [1.807, 2.05) is 0 Å². The van der Waals surface area contributed by atoms with Gasteiger partial charge in [-0.1, -0.05) is 23.7 Å². The number of ketones is 1. The Morgan fingerprint density at radius 1 is 1.04 bits per heavy atom. The molecule has 2 amide bonds. The Balaban J connectivity index is 1.74. The van der Waals surface area contributed by atoms with Gasteiger partial charge < -0.3 is 4.74 Å². The number of carbonyl (C=O) groups excluding carboxylic acids is 4. The number of ether oxygens (including phenoxy) is 1. The van der Waals surface area contributed by atoms with Gasteiger partial charge in [0, 0.05) is 10.6 Å². The molecule has 0 N–H and O–H groups in total. The second kappa shape index (κ2) is 8.41. The highest BCUT2D eigenvalue weighted by Crippen LogP contribution is 2.32. The number of rotatable bonds is 5. The first kappa shape index (κ1) is 19.9. The summed E-state index contributed by atoms with van der Waals surface area (Å²) in [6.45, 7) is -0.342. The van der Waals surface area contributed by atoms with Gasteiger partial charge in [-0.2, -0.15) is 0 Å². The van der Waals surface area contributed by atoms with Gasteiger partial charge in [0.2, 0.25) is 0 Å². The molecule has 1 heterocycles. The lowest BCUT2D eigenvalue weighted by atomic mass is 10.1. The third-order valence-electron chi connectivity index (χ3n) is 3.97. The number of benzene rings is 2. The highest BCUT2D eigenvalue weighted by molar-refractivity contribution is 8.18. The van der Waals surface area contributed by atoms with E-state index in [1.165, 1.54) is 7.11 Å². The topological polar surface area (TPSA) is 80.8 Å². The first-order valence-corrected chi connectivity index (χ1v) is 9.31. The molecule has 6 nitrogen and oxygen atoms in total. The van der Waals surface area contributed by atoms with E-state index in [0.29, 0.717) is 21.7 Å². The van der Waals surface area contributed by atoms with E-state index in [0.717, 1.165) is 16.7 Å². The van der Waals surface area contributed by atoms with Crippen molar-refractivity contribution in [3.05, 3.63) is 75.1 Å². The Bertz CT molecular complexity index is 983. The predicted octanol–water partition coefficient (Wildman–Crippen LogP) is 4.05. The van der Waals surface area contributed by atoms with Crippen molar-refractivity contribution >= 4 is 52.3 Å². The molecule has 0 aromatic heterocycles. The van der Waals surface area contributed by atoms with Gasteiger partial charge in [-0.25, -0.2) is 4.79 Å². The van der Waals surface area contributed by atoms with Crippen LogP contribution in [0.15, 0.2) is 53.4 Å². The van der Waals surface area contributed by atoms with Gasteiger partial charge in [0.05, 0.1) is 24.1 Å². The first-order chi connectivity index (χ1) is 13.4. The number of thioether (sulfide) groups is 1. The van der Waals surface area contributed by atoms with E-state index in [4.69, 9.17) is 11.6 Å². The maximum atomic E-state index is 12.5. The maximum Gasteiger partial charge on any atom is 0.337 e. The summed E-state index contributed by atoms with van der Waals surface area (Å²) in [5.41, 5.74) is 1.38. The summed E-state index contributed by atoms with van der Waals surface area (Å²) in [7, 11) is 1.29. The van der Waals surface area contributed by atoms with Crippen molar-refractivity contribution < 1.29 is 23.9 Å². The van der Waals surface area contributed by atoms with Gasteiger partial charge in [-0.15, -0.1) is 0 Å². The molecule has 0 bridgehead atoms. The second-order valence-corrected chi connectivity index (χ2v) is 7.24. The number of hydrogen-bond donors (Lipinski definition) is 0. The number of esters is 1. The van der Waals surface area contributed by atoms with E-state index < -0.39 is 17.1 Å². The van der Waals surface area contributed by atoms with E-state index in [2.05, 4.69) is 4.74 Å². The van der Waals surface area contributed by atoms with Crippen molar-refractivity contribution in [1.82, 2.24) is 4.90 Å². The first-order valence-electron chi connectivity index (χ1n) is 8.11. The highest BCUT2D eigenvalue weighted by Gasteiger charge is 2.36. The molecule has 142 valence electrons. The fraction of sp³-hybridized carbons (Fsp3) is 0.100. The molecule has 1 saturated heterocycles. The molecular weight excluding hydrogens is 402 g/mol. The number of amides is 2. The smallest absolute Gasteiger partial charge is 0.337 e. The van der Waals surface area contributed by atoms with Crippen molar-refractivity contribution in [1.29, 1.82) is 0 Å². The number of Topliss-reactive ketones (excluding diaryl/α,β-unsaturated/α-hetero) is 1. The van der Waals surface area contributed by atoms with Gasteiger partial charge in [0.15, 0.2) is 5.78 Å². The average Bonchev–Trinajstić information content (AvgIpc) is 2.95. The summed E-state index contributed by atoms with van der Waals surface area (Å²) in [6.07, 6.45) is 1.54. The number of hydrogen-bond acceptors (Lipinski definition) is 6. The third kappa shape index (κ3) is 4.32. The van der Waals surface area contributed by atoms with Crippen LogP contribution < -0.4 is 0 Å². The van der Waals surface area contributed by atoms with Crippen LogP contribution in [0.5, 0.6) is 0 Å². The maximum absolute atomic E-state index is 12.5. The molecule has 8 heteroatoms. The van der Waals surface area contributed by atoms with Crippen LogP contribution in [-0.2, 0) is 9.53 Å². The van der Waals surface area contributed by atoms with Crippen LogP contribution >= 0.6 is 23.4 Å². The van der Waals surface area contributed by atoms with Gasteiger partial charge >= 0.3 is 5.97 Å². The van der Waals surface area contributed by atoms with E-state index >= 15 is 0 Å². The van der Waals surface area contributed by atoms with Gasteiger partial charge in [0.25, 0.3) is 11.1 Å². The Hall–Kier alpha value is -2.90. The molecule has 1 aliphatic rings.